The zero-order chi connectivity index (χ0) is 28.3. The van der Waals surface area contributed by atoms with Crippen LogP contribution in [-0.4, -0.2) is 52.0 Å². The molecule has 1 saturated heterocycles. The number of nitrogens with zero attached hydrogens (tertiary/aromatic N) is 6. The van der Waals surface area contributed by atoms with Gasteiger partial charge in [-0.1, -0.05) is 30.3 Å². The number of benzene rings is 2. The Morgan fingerprint density at radius 3 is 2.73 bits per heavy atom. The van der Waals surface area contributed by atoms with Crippen LogP contribution in [0.25, 0.3) is 11.0 Å². The van der Waals surface area contributed by atoms with Crippen LogP contribution in [0, 0.1) is 18.3 Å². The number of Topliss-reactive ketones (excluding diaryl/α,β-unsaturated/α-hetero) is 1. The highest BCUT2D eigenvalue weighted by Gasteiger charge is 2.22. The summed E-state index contributed by atoms with van der Waals surface area (Å²) in [6.45, 7) is 7.17. The minimum Gasteiger partial charge on any atom is -0.381 e. The van der Waals surface area contributed by atoms with Crippen LogP contribution in [0.4, 0.5) is 17.5 Å². The number of carbonyl (C=O) groups excluding carboxylic acids is 1. The van der Waals surface area contributed by atoms with Crippen molar-refractivity contribution in [1.29, 1.82) is 5.26 Å². The van der Waals surface area contributed by atoms with Gasteiger partial charge in [0.05, 0.1) is 17.7 Å². The zero-order valence-corrected chi connectivity index (χ0v) is 23.3. The second-order valence-corrected chi connectivity index (χ2v) is 10.8. The van der Waals surface area contributed by atoms with E-state index in [4.69, 9.17) is 9.72 Å². The second-order valence-electron chi connectivity index (χ2n) is 10.8. The normalized spacial score (nSPS) is 14.1. The number of rotatable bonds is 8. The Bertz CT molecular complexity index is 1590. The average Bonchev–Trinajstić information content (AvgIpc) is 2.99. The molecule has 0 amide bonds. The SMILES string of the molecule is Cc1ccc(CC(=O)c2cccc(C(C)(C)C#N)c2)cc1Nc1ncnc2cnc(N(C)C3CCOCC3)nc12. The lowest BCUT2D eigenvalue weighted by Gasteiger charge is -2.31. The van der Waals surface area contributed by atoms with Crippen LogP contribution in [0.2, 0.25) is 0 Å². The first-order chi connectivity index (χ1) is 19.2. The van der Waals surface area contributed by atoms with E-state index in [1.165, 1.54) is 6.33 Å². The van der Waals surface area contributed by atoms with Gasteiger partial charge in [-0.15, -0.1) is 0 Å². The van der Waals surface area contributed by atoms with Gasteiger partial charge in [0.15, 0.2) is 11.6 Å². The van der Waals surface area contributed by atoms with Crippen LogP contribution < -0.4 is 10.2 Å². The van der Waals surface area contributed by atoms with Crippen LogP contribution >= 0.6 is 0 Å². The molecule has 0 spiro atoms. The number of nitriles is 1. The highest BCUT2D eigenvalue weighted by Crippen LogP contribution is 2.28. The highest BCUT2D eigenvalue weighted by molar-refractivity contribution is 5.98. The van der Waals surface area contributed by atoms with Crippen molar-refractivity contribution in [3.8, 4) is 6.07 Å². The van der Waals surface area contributed by atoms with Gasteiger partial charge in [-0.2, -0.15) is 5.26 Å². The summed E-state index contributed by atoms with van der Waals surface area (Å²) < 4.78 is 5.50. The predicted octanol–water partition coefficient (Wildman–Crippen LogP) is 5.31. The number of ether oxygens (including phenoxy) is 1. The first-order valence-corrected chi connectivity index (χ1v) is 13.4. The molecule has 0 atom stereocenters. The lowest BCUT2D eigenvalue weighted by Crippen LogP contribution is -2.37. The van der Waals surface area contributed by atoms with Gasteiger partial charge in [-0.25, -0.2) is 19.9 Å². The fourth-order valence-electron chi connectivity index (χ4n) is 4.82. The summed E-state index contributed by atoms with van der Waals surface area (Å²) in [6, 6.07) is 15.9. The van der Waals surface area contributed by atoms with Gasteiger partial charge in [-0.05, 0) is 62.4 Å². The smallest absolute Gasteiger partial charge is 0.226 e. The second kappa shape index (κ2) is 11.4. The van der Waals surface area contributed by atoms with Crippen molar-refractivity contribution >= 4 is 34.3 Å². The first kappa shape index (κ1) is 27.2. The molecule has 1 fully saturated rings. The van der Waals surface area contributed by atoms with E-state index in [0.717, 1.165) is 48.4 Å². The minimum absolute atomic E-state index is 0.00795. The third-order valence-corrected chi connectivity index (χ3v) is 7.52. The number of aryl methyl sites for hydroxylation is 1. The maximum absolute atomic E-state index is 13.2. The van der Waals surface area contributed by atoms with Crippen LogP contribution in [0.15, 0.2) is 55.0 Å². The maximum atomic E-state index is 13.2. The van der Waals surface area contributed by atoms with Gasteiger partial charge in [0.1, 0.15) is 17.4 Å². The lowest BCUT2D eigenvalue weighted by atomic mass is 9.85. The number of aromatic nitrogens is 4. The Morgan fingerprint density at radius 2 is 1.95 bits per heavy atom. The average molecular weight is 536 g/mol. The van der Waals surface area contributed by atoms with E-state index in [9.17, 15) is 10.1 Å². The summed E-state index contributed by atoms with van der Waals surface area (Å²) in [7, 11) is 2.01. The van der Waals surface area contributed by atoms with E-state index in [1.54, 1.807) is 12.3 Å². The number of fused-ring (bicyclic) bond motifs is 1. The Labute approximate surface area is 234 Å². The molecule has 4 aromatic rings. The predicted molar refractivity (Wildman–Crippen MR) is 155 cm³/mol. The molecule has 5 rings (SSSR count). The molecule has 40 heavy (non-hydrogen) atoms. The molecule has 9 heteroatoms. The summed E-state index contributed by atoms with van der Waals surface area (Å²) >= 11 is 0. The zero-order valence-electron chi connectivity index (χ0n) is 23.3. The molecule has 3 heterocycles. The molecule has 0 saturated carbocycles. The van der Waals surface area contributed by atoms with Crippen LogP contribution in [0.5, 0.6) is 0 Å². The molecule has 0 aliphatic carbocycles. The number of anilines is 3. The Kier molecular flexibility index (Phi) is 7.71. The van der Waals surface area contributed by atoms with Crippen LogP contribution in [0.1, 0.15) is 53.7 Å². The van der Waals surface area contributed by atoms with Crippen molar-refractivity contribution in [3.05, 3.63) is 77.2 Å². The van der Waals surface area contributed by atoms with Crippen molar-refractivity contribution in [2.75, 3.05) is 30.5 Å². The Hall–Kier alpha value is -4.42. The molecule has 2 aromatic carbocycles. The van der Waals surface area contributed by atoms with Crippen molar-refractivity contribution in [2.45, 2.75) is 51.5 Å². The molecule has 1 aliphatic rings. The molecular weight excluding hydrogens is 502 g/mol. The largest absolute Gasteiger partial charge is 0.381 e. The summed E-state index contributed by atoms with van der Waals surface area (Å²) in [5.41, 5.74) is 4.74. The van der Waals surface area contributed by atoms with E-state index in [2.05, 4.69) is 31.2 Å². The van der Waals surface area contributed by atoms with Crippen molar-refractivity contribution in [2.24, 2.45) is 0 Å². The third-order valence-electron chi connectivity index (χ3n) is 7.52. The molecule has 0 radical (unpaired) electrons. The number of ketones is 1. The van der Waals surface area contributed by atoms with Gasteiger partial charge in [-0.3, -0.25) is 4.79 Å². The Balaban J connectivity index is 1.39. The van der Waals surface area contributed by atoms with Crippen molar-refractivity contribution in [1.82, 2.24) is 19.9 Å². The van der Waals surface area contributed by atoms with Crippen LogP contribution in [0.3, 0.4) is 0 Å². The lowest BCUT2D eigenvalue weighted by molar-refractivity contribution is 0.0852. The van der Waals surface area contributed by atoms with Gasteiger partial charge in [0.25, 0.3) is 0 Å². The first-order valence-electron chi connectivity index (χ1n) is 13.4. The fraction of sp³-hybridized carbons (Fsp3) is 0.355. The van der Waals surface area contributed by atoms with E-state index in [-0.39, 0.29) is 12.2 Å². The maximum Gasteiger partial charge on any atom is 0.226 e. The monoisotopic (exact) mass is 535 g/mol. The third kappa shape index (κ3) is 5.77. The minimum atomic E-state index is -0.666. The molecule has 9 nitrogen and oxygen atoms in total. The summed E-state index contributed by atoms with van der Waals surface area (Å²) in [6.07, 6.45) is 5.31. The molecule has 0 unspecified atom stereocenters. The summed E-state index contributed by atoms with van der Waals surface area (Å²) in [5, 5.41) is 12.9. The molecule has 1 N–H and O–H groups in total. The van der Waals surface area contributed by atoms with Crippen molar-refractivity contribution < 1.29 is 9.53 Å². The van der Waals surface area contributed by atoms with E-state index >= 15 is 0 Å². The quantitative estimate of drug-likeness (QED) is 0.299. The number of hydrogen-bond donors (Lipinski definition) is 1. The van der Waals surface area contributed by atoms with Gasteiger partial charge < -0.3 is 15.0 Å². The molecule has 2 aromatic heterocycles. The van der Waals surface area contributed by atoms with E-state index in [0.29, 0.717) is 34.4 Å². The topological polar surface area (TPSA) is 117 Å². The van der Waals surface area contributed by atoms with Crippen molar-refractivity contribution in [3.63, 3.8) is 0 Å². The number of hydrogen-bond acceptors (Lipinski definition) is 9. The van der Waals surface area contributed by atoms with Gasteiger partial charge in [0, 0.05) is 44.0 Å². The Morgan fingerprint density at radius 1 is 1.15 bits per heavy atom. The highest BCUT2D eigenvalue weighted by atomic mass is 16.5. The summed E-state index contributed by atoms with van der Waals surface area (Å²) in [5.74, 6) is 1.19. The van der Waals surface area contributed by atoms with Gasteiger partial charge in [0.2, 0.25) is 5.95 Å². The van der Waals surface area contributed by atoms with Crippen LogP contribution in [-0.2, 0) is 16.6 Å². The van der Waals surface area contributed by atoms with E-state index in [1.807, 2.05) is 64.2 Å². The molecule has 0 bridgehead atoms. The molecule has 1 aliphatic heterocycles. The fourth-order valence-corrected chi connectivity index (χ4v) is 4.82. The number of nitrogens with one attached hydrogen (secondary N) is 1. The van der Waals surface area contributed by atoms with E-state index < -0.39 is 5.41 Å². The molecule has 204 valence electrons. The standard InChI is InChI=1S/C31H33N7O2/c1-20-8-9-21(15-27(39)22-6-5-7-23(16-22)31(2,3)18-32)14-25(20)36-29-28-26(34-19-35-29)17-33-30(37-28)38(4)24-10-12-40-13-11-24/h5-9,14,16-17,19,24H,10-13,15H2,1-4H3,(H,34,35,36). The summed E-state index contributed by atoms with van der Waals surface area (Å²) in [4.78, 5) is 33.5. The molecular formula is C31H33N7O2. The number of carbonyl (C=O) groups is 1. The van der Waals surface area contributed by atoms with Gasteiger partial charge >= 0.3 is 0 Å².